The minimum Gasteiger partial charge on any atom is -0.207 e. The van der Waals surface area contributed by atoms with Crippen LogP contribution in [0.1, 0.15) is 24.9 Å². The Morgan fingerprint density at radius 1 is 0.246 bits per heavy atom. The van der Waals surface area contributed by atoms with Gasteiger partial charge in [-0.3, -0.25) is 0 Å². The van der Waals surface area contributed by atoms with Gasteiger partial charge in [0.25, 0.3) is 0 Å². The van der Waals surface area contributed by atoms with Gasteiger partial charge in [-0.2, -0.15) is 0 Å². The molecule has 65 heavy (non-hydrogen) atoms. The first-order valence-electron chi connectivity index (χ1n) is 25.1. The molecule has 2 aromatic heterocycles. The van der Waals surface area contributed by atoms with Crippen molar-refractivity contribution in [1.29, 1.82) is 0 Å². The van der Waals surface area contributed by atoms with Crippen molar-refractivity contribution in [2.24, 2.45) is 14.0 Å². The molecule has 10 rings (SSSR count). The first kappa shape index (κ1) is 34.5. The lowest BCUT2D eigenvalue weighted by molar-refractivity contribution is -0.671. The van der Waals surface area contributed by atoms with E-state index in [1.807, 2.05) is 18.2 Å². The molecule has 0 saturated heterocycles. The molecule has 2 heteroatoms. The van der Waals surface area contributed by atoms with Gasteiger partial charge < -0.3 is 0 Å². The van der Waals surface area contributed by atoms with Gasteiger partial charge in [0.15, 0.2) is 24.8 Å². The first-order valence-corrected chi connectivity index (χ1v) is 22.1. The molecule has 0 N–H and O–H groups in total. The maximum absolute atomic E-state index is 8.10. The van der Waals surface area contributed by atoms with E-state index < -0.39 is 14.0 Å². The van der Waals surface area contributed by atoms with Crippen LogP contribution < -0.4 is 9.13 Å². The first-order chi connectivity index (χ1) is 34.2. The highest BCUT2D eigenvalue weighted by Crippen LogP contribution is 2.56. The van der Waals surface area contributed by atoms with Gasteiger partial charge in [0.1, 0.15) is 22.2 Å². The number of aryl methyl sites for hydroxylation is 5. The quantitative estimate of drug-likeness (QED) is 0.128. The molecule has 2 heterocycles. The predicted octanol–water partition coefficient (Wildman–Crippen LogP) is 15.3. The molecule has 2 nitrogen and oxygen atoms in total. The summed E-state index contributed by atoms with van der Waals surface area (Å²) >= 11 is 0. The minimum atomic E-state index is -2.31. The van der Waals surface area contributed by atoms with Gasteiger partial charge in [-0.05, 0) is 122 Å². The van der Waals surface area contributed by atoms with Crippen molar-refractivity contribution in [3.63, 3.8) is 0 Å². The second-order valence-corrected chi connectivity index (χ2v) is 16.9. The van der Waals surface area contributed by atoms with Crippen LogP contribution in [0, 0.1) is 20.8 Å². The minimum absolute atomic E-state index is 0.796. The van der Waals surface area contributed by atoms with E-state index in [2.05, 4.69) is 191 Å². The maximum Gasteiger partial charge on any atom is 0.176 e. The van der Waals surface area contributed by atoms with E-state index in [9.17, 15) is 0 Å². The van der Waals surface area contributed by atoms with Gasteiger partial charge in [-0.1, -0.05) is 193 Å². The molecule has 0 amide bonds. The summed E-state index contributed by atoms with van der Waals surface area (Å²) in [5.74, 6) is 0. The van der Waals surface area contributed by atoms with E-state index in [4.69, 9.17) is 8.22 Å². The molecule has 0 saturated carbocycles. The smallest absolute Gasteiger partial charge is 0.176 e. The fourth-order valence-electron chi connectivity index (χ4n) is 9.05. The van der Waals surface area contributed by atoms with E-state index >= 15 is 0 Å². The molecule has 0 bridgehead atoms. The van der Waals surface area contributed by atoms with Gasteiger partial charge in [0.05, 0.1) is 0 Å². The van der Waals surface area contributed by atoms with Crippen molar-refractivity contribution < 1.29 is 17.4 Å². The molecule has 10 aromatic rings. The standard InChI is InChI=1S/C63H52N2/c1-43-15-21-50(22-16-43)58-61(53-33-27-47(28-34-53)46-11-7-6-8-12-46)59(51-23-17-44(2)18-24-51)63(55-37-31-49(32-38-55)57-14-10-40-65(5)42-57)60(52-25-19-45(3)20-26-52)62(58)54-35-29-48(30-36-54)56-13-9-39-64(4)41-56/h6-42H,1-5H3/q+2/i4D3,5D3. The predicted molar refractivity (Wildman–Crippen MR) is 272 cm³/mol. The molecule has 8 aromatic carbocycles. The lowest BCUT2D eigenvalue weighted by atomic mass is 9.74. The molecule has 0 atom stereocenters. The molecule has 0 radical (unpaired) electrons. The van der Waals surface area contributed by atoms with Crippen molar-refractivity contribution in [2.45, 2.75) is 20.8 Å². The van der Waals surface area contributed by atoms with Crippen molar-refractivity contribution in [1.82, 2.24) is 0 Å². The molecule has 0 aliphatic carbocycles. The summed E-state index contributed by atoms with van der Waals surface area (Å²) in [7, 11) is 0. The average Bonchev–Trinajstić information content (AvgIpc) is 3.39. The molecule has 312 valence electrons. The van der Waals surface area contributed by atoms with Crippen LogP contribution in [0.4, 0.5) is 0 Å². The summed E-state index contributed by atoms with van der Waals surface area (Å²) in [5.41, 5.74) is 21.7. The Kier molecular flexibility index (Phi) is 9.39. The second-order valence-electron chi connectivity index (χ2n) is 16.9. The van der Waals surface area contributed by atoms with Crippen LogP contribution in [0.15, 0.2) is 225 Å². The zero-order valence-electron chi connectivity index (χ0n) is 42.8. The van der Waals surface area contributed by atoms with E-state index in [-0.39, 0.29) is 0 Å². The van der Waals surface area contributed by atoms with E-state index in [0.717, 1.165) is 117 Å². The van der Waals surface area contributed by atoms with Crippen LogP contribution in [-0.2, 0) is 14.0 Å². The van der Waals surface area contributed by atoms with Gasteiger partial charge in [0.2, 0.25) is 0 Å². The molecular formula is C63H52N2+2. The highest BCUT2D eigenvalue weighted by atomic mass is 14.9. The monoisotopic (exact) mass is 842 g/mol. The van der Waals surface area contributed by atoms with Crippen LogP contribution in [0.3, 0.4) is 0 Å². The average molecular weight is 843 g/mol. The Labute approximate surface area is 392 Å². The van der Waals surface area contributed by atoms with E-state index in [1.165, 1.54) is 9.13 Å². The lowest BCUT2D eigenvalue weighted by Gasteiger charge is -2.29. The van der Waals surface area contributed by atoms with Crippen LogP contribution in [0.25, 0.3) is 100 Å². The number of pyridine rings is 2. The number of benzene rings is 8. The third-order valence-electron chi connectivity index (χ3n) is 12.4. The Morgan fingerprint density at radius 2 is 0.477 bits per heavy atom. The number of hydrogen-bond donors (Lipinski definition) is 0. The van der Waals surface area contributed by atoms with Crippen molar-refractivity contribution in [3.05, 3.63) is 242 Å². The number of hydrogen-bond acceptors (Lipinski definition) is 0. The molecule has 0 unspecified atom stereocenters. The number of rotatable bonds is 9. The zero-order chi connectivity index (χ0) is 49.4. The largest absolute Gasteiger partial charge is 0.207 e. The van der Waals surface area contributed by atoms with E-state index in [1.54, 1.807) is 36.9 Å². The summed E-state index contributed by atoms with van der Waals surface area (Å²) in [6.07, 6.45) is 6.53. The zero-order valence-corrected chi connectivity index (χ0v) is 36.8. The fraction of sp³-hybridized carbons (Fsp3) is 0.0794. The maximum atomic E-state index is 8.10. The Hall–Kier alpha value is -7.94. The summed E-state index contributed by atoms with van der Waals surface area (Å²) in [4.78, 5) is 0. The highest BCUT2D eigenvalue weighted by Gasteiger charge is 2.29. The lowest BCUT2D eigenvalue weighted by Crippen LogP contribution is -2.26. The van der Waals surface area contributed by atoms with Gasteiger partial charge >= 0.3 is 0 Å². The molecular weight excluding hydrogens is 785 g/mol. The fourth-order valence-corrected chi connectivity index (χ4v) is 9.05. The number of nitrogens with zero attached hydrogens (tertiary/aromatic N) is 2. The Balaban J connectivity index is 1.35. The third kappa shape index (κ3) is 8.35. The summed E-state index contributed by atoms with van der Waals surface area (Å²) in [5, 5.41) is 0. The second kappa shape index (κ2) is 17.7. The van der Waals surface area contributed by atoms with Gasteiger partial charge in [-0.25, -0.2) is 9.13 Å². The molecule has 0 aliphatic rings. The van der Waals surface area contributed by atoms with E-state index in [0.29, 0.717) is 0 Å². The topological polar surface area (TPSA) is 7.76 Å². The Bertz CT molecular complexity index is 3330. The van der Waals surface area contributed by atoms with Gasteiger partial charge in [0, 0.05) is 23.3 Å². The van der Waals surface area contributed by atoms with Crippen molar-refractivity contribution in [3.8, 4) is 100 Å². The third-order valence-corrected chi connectivity index (χ3v) is 12.4. The SMILES string of the molecule is [2H]C([2H])([2H])[n+]1cccc(-c2ccc(-c3c(-c4ccc(C)cc4)c(-c4ccc(-c5ccccc5)cc4)c(-c4ccc(C)cc4)c(-c4ccc(-c5ccc[n+](C([2H])([2H])[2H])c5)cc4)c3-c3ccc(C)cc3)cc2)c1. The van der Waals surface area contributed by atoms with Crippen molar-refractivity contribution >= 4 is 0 Å². The Morgan fingerprint density at radius 3 is 0.769 bits per heavy atom. The highest BCUT2D eigenvalue weighted by molar-refractivity contribution is 6.15. The summed E-state index contributed by atoms with van der Waals surface area (Å²) in [6.45, 7) is 1.72. The van der Waals surface area contributed by atoms with Crippen molar-refractivity contribution in [2.75, 3.05) is 0 Å². The summed E-state index contributed by atoms with van der Waals surface area (Å²) < 4.78 is 51.2. The summed E-state index contributed by atoms with van der Waals surface area (Å²) in [6, 6.07) is 70.4. The van der Waals surface area contributed by atoms with Gasteiger partial charge in [-0.15, -0.1) is 0 Å². The van der Waals surface area contributed by atoms with Crippen LogP contribution in [0.5, 0.6) is 0 Å². The van der Waals surface area contributed by atoms with Crippen LogP contribution in [0.2, 0.25) is 0 Å². The molecule has 0 aliphatic heterocycles. The number of aromatic nitrogens is 2. The normalized spacial score (nSPS) is 12.9. The van der Waals surface area contributed by atoms with Crippen LogP contribution in [-0.4, -0.2) is 0 Å². The molecule has 0 spiro atoms. The van der Waals surface area contributed by atoms with Crippen LogP contribution >= 0.6 is 0 Å². The molecule has 0 fully saturated rings.